The third-order valence-corrected chi connectivity index (χ3v) is 2.42. The molecule has 0 aromatic heterocycles. The van der Waals surface area contributed by atoms with Crippen LogP contribution in [0.3, 0.4) is 0 Å². The number of hydrogen-bond donors (Lipinski definition) is 0. The number of rotatable bonds is 0. The van der Waals surface area contributed by atoms with Crippen LogP contribution in [0.1, 0.15) is 33.6 Å². The fraction of sp³-hybridized carbons (Fsp3) is 0.700. The van der Waals surface area contributed by atoms with E-state index in [2.05, 4.69) is 33.3 Å². The normalized spacial score (nSPS) is 34.9. The summed E-state index contributed by atoms with van der Waals surface area (Å²) in [7, 11) is 0. The van der Waals surface area contributed by atoms with Gasteiger partial charge in [-0.2, -0.15) is 0 Å². The van der Waals surface area contributed by atoms with Crippen molar-refractivity contribution in [1.82, 2.24) is 0 Å². The molecule has 0 bridgehead atoms. The van der Waals surface area contributed by atoms with E-state index in [1.165, 1.54) is 12.8 Å². The lowest BCUT2D eigenvalue weighted by Crippen LogP contribution is -2.01. The summed E-state index contributed by atoms with van der Waals surface area (Å²) in [6, 6.07) is 0. The predicted molar refractivity (Wildman–Crippen MR) is 45.6 cm³/mol. The van der Waals surface area contributed by atoms with Crippen LogP contribution in [0.15, 0.2) is 11.6 Å². The minimum Gasteiger partial charge on any atom is -0.0853 e. The minimum absolute atomic E-state index is 0.706. The Bertz CT molecular complexity index is 133. The first-order valence-electron chi connectivity index (χ1n) is 4.22. The first-order chi connectivity index (χ1) is 4.70. The molecule has 0 heterocycles. The number of hydrogen-bond acceptors (Lipinski definition) is 0. The maximum absolute atomic E-state index is 2.46. The van der Waals surface area contributed by atoms with Crippen molar-refractivity contribution in [1.29, 1.82) is 0 Å². The molecule has 0 aromatic carbocycles. The molecule has 1 rings (SSSR count). The van der Waals surface area contributed by atoms with Crippen LogP contribution in [0, 0.1) is 18.3 Å². The largest absolute Gasteiger partial charge is 0.0853 e. The monoisotopic (exact) mass is 137 g/mol. The average molecular weight is 137 g/mol. The van der Waals surface area contributed by atoms with Crippen molar-refractivity contribution in [3.63, 3.8) is 0 Å². The molecule has 0 fully saturated rings. The Balaban J connectivity index is 2.55. The molecule has 0 nitrogen and oxygen atoms in total. The topological polar surface area (TPSA) is 0 Å². The van der Waals surface area contributed by atoms with Gasteiger partial charge in [-0.15, -0.1) is 0 Å². The van der Waals surface area contributed by atoms with Gasteiger partial charge in [-0.05, 0) is 38.0 Å². The van der Waals surface area contributed by atoms with E-state index >= 15 is 0 Å². The van der Waals surface area contributed by atoms with Gasteiger partial charge in [-0.1, -0.05) is 25.5 Å². The average Bonchev–Trinajstić information content (AvgIpc) is 1.96. The van der Waals surface area contributed by atoms with Crippen LogP contribution < -0.4 is 0 Å². The molecule has 1 aliphatic carbocycles. The van der Waals surface area contributed by atoms with Gasteiger partial charge in [0, 0.05) is 0 Å². The fourth-order valence-electron chi connectivity index (χ4n) is 1.50. The molecule has 0 spiro atoms. The summed E-state index contributed by atoms with van der Waals surface area (Å²) in [5.74, 6) is 1.51. The molecule has 0 aromatic rings. The van der Waals surface area contributed by atoms with Crippen molar-refractivity contribution in [2.45, 2.75) is 33.6 Å². The first-order valence-corrected chi connectivity index (χ1v) is 4.22. The molecule has 10 heavy (non-hydrogen) atoms. The molecule has 0 saturated carbocycles. The summed E-state index contributed by atoms with van der Waals surface area (Å²) < 4.78 is 0. The van der Waals surface area contributed by atoms with Gasteiger partial charge >= 0.3 is 0 Å². The summed E-state index contributed by atoms with van der Waals surface area (Å²) in [5, 5.41) is 0. The summed E-state index contributed by atoms with van der Waals surface area (Å²) in [6.07, 6.45) is 7.44. The van der Waals surface area contributed by atoms with Crippen molar-refractivity contribution in [3.05, 3.63) is 18.1 Å². The molecule has 0 N–H and O–H groups in total. The third-order valence-electron chi connectivity index (χ3n) is 2.42. The van der Waals surface area contributed by atoms with Crippen LogP contribution >= 0.6 is 0 Å². The second-order valence-electron chi connectivity index (χ2n) is 3.48. The molecule has 1 radical (unpaired) electrons. The van der Waals surface area contributed by atoms with Crippen LogP contribution in [-0.2, 0) is 0 Å². The third kappa shape index (κ3) is 1.86. The number of allylic oxidation sites excluding steroid dienone is 2. The predicted octanol–water partition coefficient (Wildman–Crippen LogP) is 3.20. The van der Waals surface area contributed by atoms with Gasteiger partial charge in [-0.25, -0.2) is 0 Å². The van der Waals surface area contributed by atoms with Gasteiger partial charge in [0.05, 0.1) is 0 Å². The van der Waals surface area contributed by atoms with Gasteiger partial charge < -0.3 is 0 Å². The second-order valence-corrected chi connectivity index (χ2v) is 3.48. The Hall–Kier alpha value is -0.260. The molecular weight excluding hydrogens is 120 g/mol. The van der Waals surface area contributed by atoms with Crippen LogP contribution in [0.25, 0.3) is 0 Å². The molecule has 2 atom stereocenters. The van der Waals surface area contributed by atoms with Gasteiger partial charge in [0.1, 0.15) is 0 Å². The Morgan fingerprint density at radius 3 is 2.80 bits per heavy atom. The Labute approximate surface area is 64.3 Å². The Morgan fingerprint density at radius 2 is 2.10 bits per heavy atom. The van der Waals surface area contributed by atoms with E-state index in [0.717, 1.165) is 5.92 Å². The first kappa shape index (κ1) is 7.84. The lowest BCUT2D eigenvalue weighted by Gasteiger charge is -2.12. The summed E-state index contributed by atoms with van der Waals surface area (Å²) >= 11 is 0. The highest BCUT2D eigenvalue weighted by atomic mass is 14.2. The maximum atomic E-state index is 2.46. The van der Waals surface area contributed by atoms with E-state index in [4.69, 9.17) is 0 Å². The van der Waals surface area contributed by atoms with Crippen molar-refractivity contribution in [2.24, 2.45) is 11.8 Å². The molecule has 0 aliphatic heterocycles. The zero-order valence-electron chi connectivity index (χ0n) is 7.22. The van der Waals surface area contributed by atoms with Crippen molar-refractivity contribution in [2.75, 3.05) is 0 Å². The molecule has 1 aliphatic rings. The standard InChI is InChI=1S/C10H17/c1-8-5-4-6-9(2)10(3)7-8/h6-8,10H,4-5H2,1-3H3. The van der Waals surface area contributed by atoms with Crippen LogP contribution in [0.2, 0.25) is 0 Å². The highest BCUT2D eigenvalue weighted by Crippen LogP contribution is 2.25. The highest BCUT2D eigenvalue weighted by molar-refractivity contribution is 5.09. The highest BCUT2D eigenvalue weighted by Gasteiger charge is 2.12. The fourth-order valence-corrected chi connectivity index (χ4v) is 1.50. The van der Waals surface area contributed by atoms with E-state index in [0.29, 0.717) is 5.92 Å². The van der Waals surface area contributed by atoms with Crippen molar-refractivity contribution in [3.8, 4) is 0 Å². The lowest BCUT2D eigenvalue weighted by atomic mass is 9.93. The summed E-state index contributed by atoms with van der Waals surface area (Å²) in [5.41, 5.74) is 1.55. The van der Waals surface area contributed by atoms with E-state index < -0.39 is 0 Å². The van der Waals surface area contributed by atoms with Gasteiger partial charge in [0.15, 0.2) is 0 Å². The van der Waals surface area contributed by atoms with Gasteiger partial charge in [0.2, 0.25) is 0 Å². The van der Waals surface area contributed by atoms with Crippen molar-refractivity contribution >= 4 is 0 Å². The van der Waals surface area contributed by atoms with E-state index in [1.807, 2.05) is 0 Å². The SMILES string of the molecule is CC1=CCCC(C)[CH]C1C. The van der Waals surface area contributed by atoms with Crippen LogP contribution in [-0.4, -0.2) is 0 Å². The molecule has 57 valence electrons. The Kier molecular flexibility index (Phi) is 2.53. The van der Waals surface area contributed by atoms with E-state index in [-0.39, 0.29) is 0 Å². The molecule has 0 amide bonds. The van der Waals surface area contributed by atoms with Crippen LogP contribution in [0.5, 0.6) is 0 Å². The van der Waals surface area contributed by atoms with Crippen LogP contribution in [0.4, 0.5) is 0 Å². The van der Waals surface area contributed by atoms with E-state index in [1.54, 1.807) is 5.57 Å². The lowest BCUT2D eigenvalue weighted by molar-refractivity contribution is 0.571. The molecule has 0 saturated heterocycles. The minimum atomic E-state index is 0.706. The van der Waals surface area contributed by atoms with E-state index in [9.17, 15) is 0 Å². The van der Waals surface area contributed by atoms with Gasteiger partial charge in [0.25, 0.3) is 0 Å². The maximum Gasteiger partial charge on any atom is -0.0201 e. The summed E-state index contributed by atoms with van der Waals surface area (Å²) in [4.78, 5) is 0. The molecule has 0 heteroatoms. The second kappa shape index (κ2) is 3.23. The zero-order chi connectivity index (χ0) is 7.56. The van der Waals surface area contributed by atoms with Crippen molar-refractivity contribution < 1.29 is 0 Å². The molecule has 2 unspecified atom stereocenters. The zero-order valence-corrected chi connectivity index (χ0v) is 7.22. The quantitative estimate of drug-likeness (QED) is 0.450. The van der Waals surface area contributed by atoms with Gasteiger partial charge in [-0.3, -0.25) is 0 Å². The smallest absolute Gasteiger partial charge is 0.0201 e. The Morgan fingerprint density at radius 1 is 1.40 bits per heavy atom. The molecular formula is C10H17. The summed E-state index contributed by atoms with van der Waals surface area (Å²) in [6.45, 7) is 6.83.